The van der Waals surface area contributed by atoms with Gasteiger partial charge in [0.05, 0.1) is 5.60 Å². The minimum atomic E-state index is 0.213. The molecule has 1 spiro atoms. The van der Waals surface area contributed by atoms with Gasteiger partial charge < -0.3 is 10.1 Å². The maximum absolute atomic E-state index is 6.11. The van der Waals surface area contributed by atoms with E-state index in [2.05, 4.69) is 69.0 Å². The highest BCUT2D eigenvalue weighted by Crippen LogP contribution is 2.47. The highest BCUT2D eigenvalue weighted by molar-refractivity contribution is 14.1. The second-order valence-electron chi connectivity index (χ2n) is 6.34. The van der Waals surface area contributed by atoms with Gasteiger partial charge in [0.2, 0.25) is 0 Å². The fourth-order valence-corrected chi connectivity index (χ4v) is 4.78. The monoisotopic (exact) mass is 463 g/mol. The van der Waals surface area contributed by atoms with Gasteiger partial charge in [-0.2, -0.15) is 0 Å². The third-order valence-corrected chi connectivity index (χ3v) is 6.38. The van der Waals surface area contributed by atoms with Crippen molar-refractivity contribution in [2.45, 2.75) is 50.7 Å². The maximum atomic E-state index is 6.11. The molecule has 1 saturated heterocycles. The number of ether oxygens (including phenoxy) is 1. The van der Waals surface area contributed by atoms with E-state index in [1.807, 2.05) is 0 Å². The fourth-order valence-electron chi connectivity index (χ4n) is 3.77. The van der Waals surface area contributed by atoms with Crippen molar-refractivity contribution in [2.75, 3.05) is 13.2 Å². The zero-order valence-corrected chi connectivity index (χ0v) is 16.2. The SMILES string of the molecule is CCNC(c1cc(I)ccc1Br)C1CCOC2(CCC2)C1. The van der Waals surface area contributed by atoms with Gasteiger partial charge in [0.25, 0.3) is 0 Å². The number of hydrogen-bond acceptors (Lipinski definition) is 2. The summed E-state index contributed by atoms with van der Waals surface area (Å²) in [6.07, 6.45) is 6.23. The molecular formula is C17H23BrINO. The molecule has 1 aromatic rings. The summed E-state index contributed by atoms with van der Waals surface area (Å²) in [5.41, 5.74) is 1.62. The summed E-state index contributed by atoms with van der Waals surface area (Å²) in [5, 5.41) is 3.73. The average molecular weight is 464 g/mol. The molecule has 2 nitrogen and oxygen atoms in total. The Morgan fingerprint density at radius 2 is 2.29 bits per heavy atom. The van der Waals surface area contributed by atoms with Crippen LogP contribution in [-0.4, -0.2) is 18.8 Å². The molecule has 2 fully saturated rings. The standard InChI is InChI=1S/C17H23BrINO/c1-2-20-16(14-10-13(19)4-5-15(14)18)12-6-9-21-17(11-12)7-3-8-17/h4-5,10,12,16,20H,2-3,6-9,11H2,1H3. The summed E-state index contributed by atoms with van der Waals surface area (Å²) in [5.74, 6) is 0.675. The van der Waals surface area contributed by atoms with Crippen LogP contribution in [0.1, 0.15) is 50.6 Å². The van der Waals surface area contributed by atoms with Gasteiger partial charge in [0.15, 0.2) is 0 Å². The van der Waals surface area contributed by atoms with Crippen molar-refractivity contribution < 1.29 is 4.74 Å². The summed E-state index contributed by atoms with van der Waals surface area (Å²) < 4.78 is 8.64. The number of nitrogens with one attached hydrogen (secondary N) is 1. The minimum absolute atomic E-state index is 0.213. The summed E-state index contributed by atoms with van der Waals surface area (Å²) in [6.45, 7) is 4.13. The molecule has 2 atom stereocenters. The van der Waals surface area contributed by atoms with Crippen molar-refractivity contribution in [2.24, 2.45) is 5.92 Å². The molecule has 0 radical (unpaired) electrons. The van der Waals surface area contributed by atoms with E-state index in [1.165, 1.54) is 39.3 Å². The maximum Gasteiger partial charge on any atom is 0.0686 e. The number of hydrogen-bond donors (Lipinski definition) is 1. The van der Waals surface area contributed by atoms with Crippen molar-refractivity contribution in [1.82, 2.24) is 5.32 Å². The molecule has 0 bridgehead atoms. The van der Waals surface area contributed by atoms with Crippen molar-refractivity contribution in [3.8, 4) is 0 Å². The summed E-state index contributed by atoms with van der Waals surface area (Å²) >= 11 is 6.16. The lowest BCUT2D eigenvalue weighted by atomic mass is 9.69. The number of halogens is 2. The fraction of sp³-hybridized carbons (Fsp3) is 0.647. The molecule has 1 heterocycles. The molecule has 1 N–H and O–H groups in total. The van der Waals surface area contributed by atoms with E-state index in [-0.39, 0.29) is 5.60 Å². The van der Waals surface area contributed by atoms with Gasteiger partial charge in [-0.3, -0.25) is 0 Å². The molecule has 0 aromatic heterocycles. The van der Waals surface area contributed by atoms with Gasteiger partial charge >= 0.3 is 0 Å². The summed E-state index contributed by atoms with van der Waals surface area (Å²) in [6, 6.07) is 7.09. The first-order valence-corrected chi connectivity index (χ1v) is 9.83. The lowest BCUT2D eigenvalue weighted by molar-refractivity contribution is -0.147. The largest absolute Gasteiger partial charge is 0.375 e. The first-order chi connectivity index (χ1) is 10.1. The van der Waals surface area contributed by atoms with Crippen molar-refractivity contribution in [1.29, 1.82) is 0 Å². The first kappa shape index (κ1) is 16.2. The van der Waals surface area contributed by atoms with E-state index in [1.54, 1.807) is 0 Å². The molecule has 2 unspecified atom stereocenters. The second kappa shape index (κ2) is 6.85. The molecular weight excluding hydrogens is 441 g/mol. The molecule has 4 heteroatoms. The van der Waals surface area contributed by atoms with Crippen molar-refractivity contribution in [3.63, 3.8) is 0 Å². The Morgan fingerprint density at radius 3 is 2.95 bits per heavy atom. The van der Waals surface area contributed by atoms with Crippen LogP contribution in [-0.2, 0) is 4.74 Å². The molecule has 1 aliphatic carbocycles. The lowest BCUT2D eigenvalue weighted by Gasteiger charge is -2.49. The highest BCUT2D eigenvalue weighted by atomic mass is 127. The van der Waals surface area contributed by atoms with E-state index in [9.17, 15) is 0 Å². The molecule has 21 heavy (non-hydrogen) atoms. The molecule has 2 aliphatic rings. The van der Waals surface area contributed by atoms with Gasteiger partial charge in [0, 0.05) is 20.7 Å². The Bertz CT molecular complexity index is 504. The van der Waals surface area contributed by atoms with Crippen LogP contribution in [0.15, 0.2) is 22.7 Å². The number of rotatable bonds is 4. The van der Waals surface area contributed by atoms with Crippen LogP contribution >= 0.6 is 38.5 Å². The van der Waals surface area contributed by atoms with E-state index in [0.29, 0.717) is 12.0 Å². The van der Waals surface area contributed by atoms with Crippen molar-refractivity contribution >= 4 is 38.5 Å². The zero-order valence-electron chi connectivity index (χ0n) is 12.5. The predicted molar refractivity (Wildman–Crippen MR) is 98.5 cm³/mol. The molecule has 1 aliphatic heterocycles. The summed E-state index contributed by atoms with van der Waals surface area (Å²) in [4.78, 5) is 0. The van der Waals surface area contributed by atoms with Crippen LogP contribution in [0.25, 0.3) is 0 Å². The molecule has 1 aromatic carbocycles. The topological polar surface area (TPSA) is 21.3 Å². The third kappa shape index (κ3) is 3.48. The number of benzene rings is 1. The molecule has 0 amide bonds. The Kier molecular flexibility index (Phi) is 5.29. The second-order valence-corrected chi connectivity index (χ2v) is 8.44. The van der Waals surface area contributed by atoms with Crippen LogP contribution in [0.3, 0.4) is 0 Å². The Morgan fingerprint density at radius 1 is 1.48 bits per heavy atom. The summed E-state index contributed by atoms with van der Waals surface area (Å²) in [7, 11) is 0. The average Bonchev–Trinajstić information content (AvgIpc) is 2.46. The molecule has 116 valence electrons. The lowest BCUT2D eigenvalue weighted by Crippen LogP contribution is -2.48. The van der Waals surface area contributed by atoms with Crippen LogP contribution in [0.2, 0.25) is 0 Å². The van der Waals surface area contributed by atoms with Gasteiger partial charge in [-0.05, 0) is 90.9 Å². The smallest absolute Gasteiger partial charge is 0.0686 e. The van der Waals surface area contributed by atoms with Crippen LogP contribution in [0.5, 0.6) is 0 Å². The molecule has 1 saturated carbocycles. The van der Waals surface area contributed by atoms with Crippen LogP contribution in [0.4, 0.5) is 0 Å². The van der Waals surface area contributed by atoms with Crippen LogP contribution in [0, 0.1) is 9.49 Å². The van der Waals surface area contributed by atoms with E-state index < -0.39 is 0 Å². The first-order valence-electron chi connectivity index (χ1n) is 7.96. The zero-order chi connectivity index (χ0) is 14.9. The van der Waals surface area contributed by atoms with Crippen LogP contribution < -0.4 is 5.32 Å². The van der Waals surface area contributed by atoms with E-state index >= 15 is 0 Å². The normalized spacial score (nSPS) is 25.6. The Hall–Kier alpha value is 0.350. The van der Waals surface area contributed by atoms with Crippen molar-refractivity contribution in [3.05, 3.63) is 31.8 Å². The predicted octanol–water partition coefficient (Wildman–Crippen LogP) is 5.05. The highest BCUT2D eigenvalue weighted by Gasteiger charge is 2.44. The minimum Gasteiger partial charge on any atom is -0.375 e. The Balaban J connectivity index is 1.84. The Labute approximate surface area is 149 Å². The van der Waals surface area contributed by atoms with Gasteiger partial charge in [0.1, 0.15) is 0 Å². The van der Waals surface area contributed by atoms with E-state index in [0.717, 1.165) is 19.6 Å². The van der Waals surface area contributed by atoms with E-state index in [4.69, 9.17) is 4.74 Å². The van der Waals surface area contributed by atoms with Gasteiger partial charge in [-0.25, -0.2) is 0 Å². The van der Waals surface area contributed by atoms with Gasteiger partial charge in [-0.15, -0.1) is 0 Å². The third-order valence-electron chi connectivity index (χ3n) is 4.98. The molecule has 3 rings (SSSR count). The quantitative estimate of drug-likeness (QED) is 0.630. The van der Waals surface area contributed by atoms with Gasteiger partial charge in [-0.1, -0.05) is 22.9 Å².